The van der Waals surface area contributed by atoms with Crippen LogP contribution >= 0.6 is 0 Å². The molecule has 0 saturated carbocycles. The number of aromatic amines is 1. The van der Waals surface area contributed by atoms with Gasteiger partial charge in [0.15, 0.2) is 0 Å². The summed E-state index contributed by atoms with van der Waals surface area (Å²) in [6.45, 7) is 4.61. The number of H-pyrrole nitrogens is 1. The molecule has 6 heteroatoms. The maximum atomic E-state index is 12.0. The average Bonchev–Trinajstić information content (AvgIpc) is 2.80. The number of nitrogens with one attached hydrogen (secondary N) is 1. The molecule has 3 aliphatic heterocycles. The van der Waals surface area contributed by atoms with E-state index in [0.29, 0.717) is 18.5 Å². The molecule has 21 heavy (non-hydrogen) atoms. The molecule has 0 radical (unpaired) electrons. The predicted octanol–water partition coefficient (Wildman–Crippen LogP) is 0.394. The molecular weight excluding hydrogens is 266 g/mol. The SMILES string of the molecule is CN(C)C(=O)CN1C[C@H]2CC[C@@H](C1)N(Cc1ncc[nH]1)C2. The third-order valence-electron chi connectivity index (χ3n) is 4.67. The van der Waals surface area contributed by atoms with Gasteiger partial charge in [0, 0.05) is 52.2 Å². The molecule has 0 aromatic carbocycles. The van der Waals surface area contributed by atoms with Crippen LogP contribution < -0.4 is 0 Å². The quantitative estimate of drug-likeness (QED) is 0.872. The summed E-state index contributed by atoms with van der Waals surface area (Å²) in [6, 6.07) is 0.545. The predicted molar refractivity (Wildman–Crippen MR) is 80.6 cm³/mol. The molecule has 4 rings (SSSR count). The lowest BCUT2D eigenvalue weighted by Crippen LogP contribution is -2.44. The Morgan fingerprint density at radius 2 is 2.24 bits per heavy atom. The highest BCUT2D eigenvalue weighted by atomic mass is 16.2. The Kier molecular flexibility index (Phi) is 4.26. The summed E-state index contributed by atoms with van der Waals surface area (Å²) in [7, 11) is 3.66. The van der Waals surface area contributed by atoms with Crippen molar-refractivity contribution in [2.75, 3.05) is 40.3 Å². The third-order valence-corrected chi connectivity index (χ3v) is 4.67. The number of hydrogen-bond acceptors (Lipinski definition) is 4. The smallest absolute Gasteiger partial charge is 0.236 e. The molecule has 4 heterocycles. The fourth-order valence-electron chi connectivity index (χ4n) is 3.51. The van der Waals surface area contributed by atoms with Gasteiger partial charge in [-0.15, -0.1) is 0 Å². The van der Waals surface area contributed by atoms with Gasteiger partial charge < -0.3 is 9.88 Å². The topological polar surface area (TPSA) is 55.5 Å². The molecule has 3 saturated heterocycles. The molecule has 1 aromatic heterocycles. The zero-order valence-electron chi connectivity index (χ0n) is 13.0. The summed E-state index contributed by atoms with van der Waals surface area (Å²) in [5.41, 5.74) is 0. The largest absolute Gasteiger partial charge is 0.348 e. The number of fused-ring (bicyclic) bond motifs is 4. The van der Waals surface area contributed by atoms with Crippen LogP contribution in [0.2, 0.25) is 0 Å². The van der Waals surface area contributed by atoms with Crippen LogP contribution in [0.1, 0.15) is 18.7 Å². The minimum absolute atomic E-state index is 0.203. The first-order valence-electron chi connectivity index (χ1n) is 7.76. The minimum Gasteiger partial charge on any atom is -0.348 e. The number of rotatable bonds is 4. The molecule has 0 spiro atoms. The molecule has 2 atom stereocenters. The van der Waals surface area contributed by atoms with Crippen LogP contribution in [-0.4, -0.2) is 76.9 Å². The number of nitrogens with zero attached hydrogens (tertiary/aromatic N) is 4. The van der Waals surface area contributed by atoms with Crippen molar-refractivity contribution in [3.8, 4) is 0 Å². The molecule has 1 amide bonds. The van der Waals surface area contributed by atoms with Gasteiger partial charge in [0.05, 0.1) is 13.1 Å². The fourth-order valence-corrected chi connectivity index (χ4v) is 3.51. The lowest BCUT2D eigenvalue weighted by Gasteiger charge is -2.35. The second-order valence-corrected chi connectivity index (χ2v) is 6.54. The monoisotopic (exact) mass is 291 g/mol. The zero-order chi connectivity index (χ0) is 14.8. The van der Waals surface area contributed by atoms with Crippen LogP contribution in [0, 0.1) is 5.92 Å². The maximum Gasteiger partial charge on any atom is 0.236 e. The van der Waals surface area contributed by atoms with E-state index in [1.54, 1.807) is 4.90 Å². The number of amides is 1. The summed E-state index contributed by atoms with van der Waals surface area (Å²) < 4.78 is 0. The number of carbonyl (C=O) groups is 1. The van der Waals surface area contributed by atoms with Crippen LogP contribution in [0.25, 0.3) is 0 Å². The Morgan fingerprint density at radius 3 is 2.95 bits per heavy atom. The van der Waals surface area contributed by atoms with E-state index in [-0.39, 0.29) is 5.91 Å². The van der Waals surface area contributed by atoms with Crippen molar-refractivity contribution in [3.05, 3.63) is 18.2 Å². The van der Waals surface area contributed by atoms with Gasteiger partial charge in [0.25, 0.3) is 0 Å². The molecule has 116 valence electrons. The number of imidazole rings is 1. The highest BCUT2D eigenvalue weighted by Gasteiger charge is 2.35. The summed E-state index contributed by atoms with van der Waals surface area (Å²) in [5, 5.41) is 0. The molecule has 1 aromatic rings. The van der Waals surface area contributed by atoms with Crippen LogP contribution in [0.15, 0.2) is 12.4 Å². The third kappa shape index (κ3) is 3.44. The Bertz CT molecular complexity index is 472. The van der Waals surface area contributed by atoms with E-state index in [4.69, 9.17) is 0 Å². The van der Waals surface area contributed by atoms with Crippen LogP contribution in [-0.2, 0) is 11.3 Å². The Hall–Kier alpha value is -1.40. The Balaban J connectivity index is 1.63. The van der Waals surface area contributed by atoms with E-state index in [1.807, 2.05) is 26.5 Å². The Labute approximate surface area is 126 Å². The van der Waals surface area contributed by atoms with Crippen molar-refractivity contribution in [1.82, 2.24) is 24.7 Å². The van der Waals surface area contributed by atoms with E-state index < -0.39 is 0 Å². The van der Waals surface area contributed by atoms with E-state index in [2.05, 4.69) is 19.8 Å². The van der Waals surface area contributed by atoms with Gasteiger partial charge in [0.2, 0.25) is 5.91 Å². The molecule has 0 aliphatic carbocycles. The van der Waals surface area contributed by atoms with Gasteiger partial charge in [0.1, 0.15) is 5.82 Å². The lowest BCUT2D eigenvalue weighted by atomic mass is 9.95. The van der Waals surface area contributed by atoms with E-state index >= 15 is 0 Å². The van der Waals surface area contributed by atoms with Crippen molar-refractivity contribution in [2.45, 2.75) is 25.4 Å². The van der Waals surface area contributed by atoms with Gasteiger partial charge in [-0.25, -0.2) is 4.98 Å². The van der Waals surface area contributed by atoms with Gasteiger partial charge in [-0.05, 0) is 18.8 Å². The van der Waals surface area contributed by atoms with Crippen LogP contribution in [0.5, 0.6) is 0 Å². The number of piperidine rings is 1. The molecule has 2 bridgehead atoms. The second-order valence-electron chi connectivity index (χ2n) is 6.54. The second kappa shape index (κ2) is 6.15. The van der Waals surface area contributed by atoms with Crippen molar-refractivity contribution < 1.29 is 4.79 Å². The molecule has 0 unspecified atom stereocenters. The van der Waals surface area contributed by atoms with E-state index in [9.17, 15) is 4.79 Å². The molecule has 3 aliphatic rings. The van der Waals surface area contributed by atoms with Crippen molar-refractivity contribution in [2.24, 2.45) is 5.92 Å². The Morgan fingerprint density at radius 1 is 1.38 bits per heavy atom. The van der Waals surface area contributed by atoms with Gasteiger partial charge in [-0.3, -0.25) is 14.6 Å². The van der Waals surface area contributed by atoms with Crippen molar-refractivity contribution in [1.29, 1.82) is 0 Å². The summed E-state index contributed by atoms with van der Waals surface area (Å²) in [5.74, 6) is 1.92. The van der Waals surface area contributed by atoms with Crippen molar-refractivity contribution in [3.63, 3.8) is 0 Å². The standard InChI is InChI=1S/C15H25N5O/c1-18(2)15(21)11-19-7-12-3-4-13(9-19)20(8-12)10-14-16-5-6-17-14/h5-6,12-13H,3-4,7-11H2,1-2H3,(H,16,17)/t12-,13+/m1/s1. The zero-order valence-corrected chi connectivity index (χ0v) is 13.0. The first-order chi connectivity index (χ1) is 10.1. The normalized spacial score (nSPS) is 26.8. The minimum atomic E-state index is 0.203. The van der Waals surface area contributed by atoms with E-state index in [0.717, 1.165) is 32.0 Å². The van der Waals surface area contributed by atoms with Crippen LogP contribution in [0.4, 0.5) is 0 Å². The summed E-state index contributed by atoms with van der Waals surface area (Å²) in [6.07, 6.45) is 6.21. The fraction of sp³-hybridized carbons (Fsp3) is 0.733. The van der Waals surface area contributed by atoms with Gasteiger partial charge in [-0.1, -0.05) is 0 Å². The summed E-state index contributed by atoms with van der Waals surface area (Å²) in [4.78, 5) is 26.1. The number of hydrogen-bond donors (Lipinski definition) is 1. The molecule has 6 nitrogen and oxygen atoms in total. The number of likely N-dealkylation sites (N-methyl/N-ethyl adjacent to an activating group) is 1. The molecule has 1 N–H and O–H groups in total. The molecular formula is C15H25N5O. The lowest BCUT2D eigenvalue weighted by molar-refractivity contribution is -0.130. The van der Waals surface area contributed by atoms with Crippen LogP contribution in [0.3, 0.4) is 0 Å². The average molecular weight is 291 g/mol. The maximum absolute atomic E-state index is 12.0. The first kappa shape index (κ1) is 14.5. The van der Waals surface area contributed by atoms with E-state index in [1.165, 1.54) is 12.8 Å². The van der Waals surface area contributed by atoms with Gasteiger partial charge >= 0.3 is 0 Å². The highest BCUT2D eigenvalue weighted by molar-refractivity contribution is 5.77. The highest BCUT2D eigenvalue weighted by Crippen LogP contribution is 2.28. The molecule has 3 fully saturated rings. The first-order valence-corrected chi connectivity index (χ1v) is 7.76. The van der Waals surface area contributed by atoms with Gasteiger partial charge in [-0.2, -0.15) is 0 Å². The van der Waals surface area contributed by atoms with Crippen molar-refractivity contribution >= 4 is 5.91 Å². The summed E-state index contributed by atoms with van der Waals surface area (Å²) >= 11 is 0. The number of aromatic nitrogens is 2. The number of carbonyl (C=O) groups excluding carboxylic acids is 1.